The Kier molecular flexibility index (Phi) is 3.96. The molecular weight excluding hydrogens is 325 g/mol. The van der Waals surface area contributed by atoms with Crippen molar-refractivity contribution in [3.8, 4) is 0 Å². The first-order valence-electron chi connectivity index (χ1n) is 8.26. The molecule has 1 fully saturated rings. The minimum absolute atomic E-state index is 0.302. The fourth-order valence-corrected chi connectivity index (χ4v) is 3.45. The predicted octanol–water partition coefficient (Wildman–Crippen LogP) is 0.508. The van der Waals surface area contributed by atoms with Crippen LogP contribution in [0.15, 0.2) is 24.3 Å². The first-order chi connectivity index (χ1) is 12.1. The molecule has 1 atom stereocenters. The number of fused-ring (bicyclic) bond motifs is 1. The lowest BCUT2D eigenvalue weighted by atomic mass is 10.00. The maximum Gasteiger partial charge on any atom is 0.275 e. The Bertz CT molecular complexity index is 834. The molecule has 4 rings (SSSR count). The number of benzene rings is 1. The highest BCUT2D eigenvalue weighted by atomic mass is 19.1. The lowest BCUT2D eigenvalue weighted by Crippen LogP contribution is -2.52. The van der Waals surface area contributed by atoms with Gasteiger partial charge in [0, 0.05) is 25.2 Å². The van der Waals surface area contributed by atoms with Crippen molar-refractivity contribution in [3.63, 3.8) is 0 Å². The molecule has 2 aliphatic heterocycles. The fourth-order valence-electron chi connectivity index (χ4n) is 3.45. The van der Waals surface area contributed by atoms with Crippen LogP contribution < -0.4 is 10.6 Å². The molecule has 2 amide bonds. The van der Waals surface area contributed by atoms with Gasteiger partial charge in [0.15, 0.2) is 5.69 Å². The Morgan fingerprint density at radius 1 is 1.32 bits per heavy atom. The summed E-state index contributed by atoms with van der Waals surface area (Å²) >= 11 is 0. The number of rotatable bonds is 2. The molecule has 0 saturated carbocycles. The van der Waals surface area contributed by atoms with Gasteiger partial charge in [-0.25, -0.2) is 4.39 Å². The van der Waals surface area contributed by atoms with Gasteiger partial charge in [-0.2, -0.15) is 5.10 Å². The number of nitrogens with zero attached hydrogens (tertiary/aromatic N) is 2. The molecule has 1 aromatic heterocycles. The van der Waals surface area contributed by atoms with Gasteiger partial charge in [0.1, 0.15) is 11.9 Å². The molecule has 130 valence electrons. The van der Waals surface area contributed by atoms with E-state index in [1.165, 1.54) is 23.1 Å². The second kappa shape index (κ2) is 6.29. The number of piperazine rings is 1. The molecule has 1 unspecified atom stereocenters. The number of aromatic amines is 1. The molecule has 3 N–H and O–H groups in total. The van der Waals surface area contributed by atoms with Gasteiger partial charge in [-0.05, 0) is 30.7 Å². The fraction of sp³-hybridized carbons (Fsp3) is 0.353. The van der Waals surface area contributed by atoms with Crippen molar-refractivity contribution in [3.05, 3.63) is 52.6 Å². The number of halogens is 1. The minimum atomic E-state index is -0.856. The van der Waals surface area contributed by atoms with Gasteiger partial charge in [-0.15, -0.1) is 0 Å². The van der Waals surface area contributed by atoms with Crippen LogP contribution in [0.1, 0.15) is 33.4 Å². The summed E-state index contributed by atoms with van der Waals surface area (Å²) in [6.45, 7) is 2.14. The van der Waals surface area contributed by atoms with Gasteiger partial charge >= 0.3 is 0 Å². The Morgan fingerprint density at radius 2 is 2.20 bits per heavy atom. The van der Waals surface area contributed by atoms with E-state index < -0.39 is 11.9 Å². The smallest absolute Gasteiger partial charge is 0.275 e. The Morgan fingerprint density at radius 3 is 3.04 bits per heavy atom. The second-order valence-electron chi connectivity index (χ2n) is 6.20. The van der Waals surface area contributed by atoms with Crippen LogP contribution in [-0.2, 0) is 17.8 Å². The third kappa shape index (κ3) is 2.78. The zero-order chi connectivity index (χ0) is 17.4. The SMILES string of the molecule is O=C1NCCN(C(=O)c2n[nH]c3c2CCNC3)C1c1cccc(F)c1. The molecule has 1 saturated heterocycles. The highest BCUT2D eigenvalue weighted by molar-refractivity contribution is 5.98. The summed E-state index contributed by atoms with van der Waals surface area (Å²) in [7, 11) is 0. The summed E-state index contributed by atoms with van der Waals surface area (Å²) in [5.74, 6) is -1.05. The van der Waals surface area contributed by atoms with E-state index in [-0.39, 0.29) is 11.8 Å². The van der Waals surface area contributed by atoms with E-state index in [0.717, 1.165) is 17.8 Å². The molecule has 2 aromatic rings. The van der Waals surface area contributed by atoms with Gasteiger partial charge in [0.05, 0.1) is 5.69 Å². The van der Waals surface area contributed by atoms with Crippen molar-refractivity contribution in [2.75, 3.05) is 19.6 Å². The number of hydrogen-bond donors (Lipinski definition) is 3. The van der Waals surface area contributed by atoms with Crippen LogP contribution in [0.4, 0.5) is 4.39 Å². The Labute approximate surface area is 143 Å². The average molecular weight is 343 g/mol. The molecule has 1 aromatic carbocycles. The molecule has 0 radical (unpaired) electrons. The third-order valence-electron chi connectivity index (χ3n) is 4.65. The van der Waals surface area contributed by atoms with Crippen molar-refractivity contribution < 1.29 is 14.0 Å². The molecule has 25 heavy (non-hydrogen) atoms. The van der Waals surface area contributed by atoms with Gasteiger partial charge in [0.25, 0.3) is 5.91 Å². The van der Waals surface area contributed by atoms with E-state index in [1.807, 2.05) is 0 Å². The van der Waals surface area contributed by atoms with Gasteiger partial charge in [-0.1, -0.05) is 12.1 Å². The molecular formula is C17H18FN5O2. The van der Waals surface area contributed by atoms with Crippen molar-refractivity contribution in [2.45, 2.75) is 19.0 Å². The number of amides is 2. The van der Waals surface area contributed by atoms with Crippen molar-refractivity contribution >= 4 is 11.8 Å². The zero-order valence-electron chi connectivity index (χ0n) is 13.5. The normalized spacial score (nSPS) is 20.1. The predicted molar refractivity (Wildman–Crippen MR) is 87.2 cm³/mol. The van der Waals surface area contributed by atoms with E-state index in [1.54, 1.807) is 6.07 Å². The van der Waals surface area contributed by atoms with Crippen molar-refractivity contribution in [2.24, 2.45) is 0 Å². The first-order valence-corrected chi connectivity index (χ1v) is 8.26. The van der Waals surface area contributed by atoms with E-state index in [4.69, 9.17) is 0 Å². The number of aromatic nitrogens is 2. The molecule has 3 heterocycles. The largest absolute Gasteiger partial charge is 0.352 e. The number of nitrogens with one attached hydrogen (secondary N) is 3. The summed E-state index contributed by atoms with van der Waals surface area (Å²) in [6.07, 6.45) is 0.706. The number of H-pyrrole nitrogens is 1. The topological polar surface area (TPSA) is 90.1 Å². The monoisotopic (exact) mass is 343 g/mol. The average Bonchev–Trinajstić information content (AvgIpc) is 3.05. The first kappa shape index (κ1) is 15.8. The summed E-state index contributed by atoms with van der Waals surface area (Å²) in [6, 6.07) is 4.94. The zero-order valence-corrected chi connectivity index (χ0v) is 13.5. The van der Waals surface area contributed by atoms with Crippen LogP contribution in [0.3, 0.4) is 0 Å². The lowest BCUT2D eigenvalue weighted by molar-refractivity contribution is -0.128. The Balaban J connectivity index is 1.70. The molecule has 0 aliphatic carbocycles. The quantitative estimate of drug-likeness (QED) is 0.741. The summed E-state index contributed by atoms with van der Waals surface area (Å²) < 4.78 is 13.6. The summed E-state index contributed by atoms with van der Waals surface area (Å²) in [4.78, 5) is 27.0. The van der Waals surface area contributed by atoms with Crippen molar-refractivity contribution in [1.29, 1.82) is 0 Å². The Hall–Kier alpha value is -2.74. The van der Waals surface area contributed by atoms with Crippen LogP contribution in [0.2, 0.25) is 0 Å². The maximum atomic E-state index is 13.6. The van der Waals surface area contributed by atoms with Crippen LogP contribution in [0.5, 0.6) is 0 Å². The highest BCUT2D eigenvalue weighted by Crippen LogP contribution is 2.27. The van der Waals surface area contributed by atoms with E-state index in [0.29, 0.717) is 37.3 Å². The van der Waals surface area contributed by atoms with Crippen molar-refractivity contribution in [1.82, 2.24) is 25.7 Å². The molecule has 0 bridgehead atoms. The van der Waals surface area contributed by atoms with Gasteiger partial charge in [-0.3, -0.25) is 14.7 Å². The minimum Gasteiger partial charge on any atom is -0.352 e. The molecule has 0 spiro atoms. The third-order valence-corrected chi connectivity index (χ3v) is 4.65. The lowest BCUT2D eigenvalue weighted by Gasteiger charge is -2.35. The van der Waals surface area contributed by atoms with Gasteiger partial charge in [0.2, 0.25) is 5.91 Å². The molecule has 8 heteroatoms. The number of carbonyl (C=O) groups excluding carboxylic acids is 2. The maximum absolute atomic E-state index is 13.6. The van der Waals surface area contributed by atoms with E-state index in [9.17, 15) is 14.0 Å². The second-order valence-corrected chi connectivity index (χ2v) is 6.20. The summed E-state index contributed by atoms with van der Waals surface area (Å²) in [5, 5.41) is 13.0. The molecule has 7 nitrogen and oxygen atoms in total. The van der Waals surface area contributed by atoms with E-state index in [2.05, 4.69) is 20.8 Å². The number of carbonyl (C=O) groups is 2. The van der Waals surface area contributed by atoms with Crippen LogP contribution >= 0.6 is 0 Å². The summed E-state index contributed by atoms with van der Waals surface area (Å²) in [5.41, 5.74) is 2.61. The van der Waals surface area contributed by atoms with Crippen LogP contribution in [0.25, 0.3) is 0 Å². The number of hydrogen-bond acceptors (Lipinski definition) is 4. The van der Waals surface area contributed by atoms with Crippen LogP contribution in [0, 0.1) is 5.82 Å². The highest BCUT2D eigenvalue weighted by Gasteiger charge is 2.37. The molecule has 2 aliphatic rings. The standard InChI is InChI=1S/C17H18FN5O2/c18-11-3-1-2-10(8-11)15-16(24)20-6-7-23(15)17(25)14-12-4-5-19-9-13(12)21-22-14/h1-3,8,15,19H,4-7,9H2,(H,20,24)(H,21,22). The van der Waals surface area contributed by atoms with Crippen LogP contribution in [-0.4, -0.2) is 46.5 Å². The van der Waals surface area contributed by atoms with Gasteiger partial charge < -0.3 is 15.5 Å². The van der Waals surface area contributed by atoms with E-state index >= 15 is 0 Å².